The fraction of sp³-hybridized carbons (Fsp3) is 0.379. The molecule has 2 aromatic carbocycles. The number of halogens is 3. The molecule has 2 heterocycles. The molecule has 1 aliphatic heterocycles. The highest BCUT2D eigenvalue weighted by Crippen LogP contribution is 2.33. The molecule has 226 valence electrons. The number of carbonyl (C=O) groups excluding carboxylic acids is 2. The van der Waals surface area contributed by atoms with Gasteiger partial charge >= 0.3 is 12.2 Å². The lowest BCUT2D eigenvalue weighted by molar-refractivity contribution is -0.139. The molecular weight excluding hydrogens is 553 g/mol. The van der Waals surface area contributed by atoms with Crippen molar-refractivity contribution in [2.24, 2.45) is 0 Å². The number of benzene rings is 2. The van der Waals surface area contributed by atoms with Gasteiger partial charge in [0.05, 0.1) is 5.56 Å². The molecule has 42 heavy (non-hydrogen) atoms. The Bertz CT molecular complexity index is 1320. The molecule has 10 nitrogen and oxygen atoms in total. The molecule has 4 rings (SSSR count). The van der Waals surface area contributed by atoms with Gasteiger partial charge in [-0.1, -0.05) is 6.07 Å². The van der Waals surface area contributed by atoms with Gasteiger partial charge in [-0.3, -0.25) is 4.79 Å². The molecular formula is C29H35F3N6O4. The van der Waals surface area contributed by atoms with Crippen LogP contribution in [-0.2, 0) is 15.7 Å². The van der Waals surface area contributed by atoms with E-state index in [0.717, 1.165) is 32.0 Å². The number of aryl methyl sites for hydroxylation is 1. The van der Waals surface area contributed by atoms with Crippen LogP contribution in [0.3, 0.4) is 0 Å². The van der Waals surface area contributed by atoms with Gasteiger partial charge in [0.1, 0.15) is 23.5 Å². The number of amides is 2. The number of aromatic nitrogens is 2. The minimum absolute atomic E-state index is 0.0399. The molecule has 1 aliphatic rings. The van der Waals surface area contributed by atoms with Crippen molar-refractivity contribution in [3.63, 3.8) is 0 Å². The standard InChI is InChI=1S/C24H25F3N6O2.C5H10O2/c1-15-2-3-18(12-20(15)24(25,26)27)33-23(34)32-16-4-6-19(7-5-16)35-22-13-21(29-14-30-22)31-17-8-10-28-11-9-17;1-5(2,3)7-4-6/h2-7,12-14,17,28H,8-11H2,1H3,(H,29,30,31)(H2,32,33,34);4H,1-3H3. The van der Waals surface area contributed by atoms with Gasteiger partial charge in [-0.2, -0.15) is 13.2 Å². The number of hydrogen-bond donors (Lipinski definition) is 4. The van der Waals surface area contributed by atoms with Crippen molar-refractivity contribution >= 4 is 29.7 Å². The smallest absolute Gasteiger partial charge is 0.416 e. The Balaban J connectivity index is 0.000000616. The quantitative estimate of drug-likeness (QED) is 0.235. The molecule has 0 bridgehead atoms. The molecule has 0 saturated carbocycles. The van der Waals surface area contributed by atoms with Crippen molar-refractivity contribution in [1.29, 1.82) is 0 Å². The summed E-state index contributed by atoms with van der Waals surface area (Å²) in [5.41, 5.74) is -0.554. The van der Waals surface area contributed by atoms with Crippen molar-refractivity contribution < 1.29 is 32.2 Å². The number of hydrogen-bond acceptors (Lipinski definition) is 8. The molecule has 4 N–H and O–H groups in total. The van der Waals surface area contributed by atoms with Gasteiger partial charge in [-0.25, -0.2) is 14.8 Å². The molecule has 0 spiro atoms. The van der Waals surface area contributed by atoms with E-state index in [9.17, 15) is 22.8 Å². The second-order valence-corrected chi connectivity index (χ2v) is 10.5. The summed E-state index contributed by atoms with van der Waals surface area (Å²) in [5, 5.41) is 11.7. The first kappa shape index (κ1) is 32.1. The van der Waals surface area contributed by atoms with E-state index >= 15 is 0 Å². The molecule has 0 atom stereocenters. The van der Waals surface area contributed by atoms with E-state index in [4.69, 9.17) is 4.74 Å². The number of alkyl halides is 3. The van der Waals surface area contributed by atoms with Crippen LogP contribution >= 0.6 is 0 Å². The van der Waals surface area contributed by atoms with Crippen LogP contribution in [0.1, 0.15) is 44.7 Å². The van der Waals surface area contributed by atoms with Crippen molar-refractivity contribution in [3.8, 4) is 11.6 Å². The Morgan fingerprint density at radius 2 is 1.62 bits per heavy atom. The second-order valence-electron chi connectivity index (χ2n) is 10.5. The van der Waals surface area contributed by atoms with E-state index in [1.165, 1.54) is 25.4 Å². The summed E-state index contributed by atoms with van der Waals surface area (Å²) in [5.74, 6) is 1.55. The Morgan fingerprint density at radius 3 is 2.21 bits per heavy atom. The number of piperidine rings is 1. The van der Waals surface area contributed by atoms with Crippen molar-refractivity contribution in [1.82, 2.24) is 15.3 Å². The van der Waals surface area contributed by atoms with E-state index in [1.54, 1.807) is 30.3 Å². The largest absolute Gasteiger partial charge is 0.462 e. The maximum Gasteiger partial charge on any atom is 0.416 e. The van der Waals surface area contributed by atoms with Gasteiger partial charge in [0.25, 0.3) is 6.47 Å². The lowest BCUT2D eigenvalue weighted by Crippen LogP contribution is -2.35. The third kappa shape index (κ3) is 10.9. The first-order chi connectivity index (χ1) is 19.8. The fourth-order valence-electron chi connectivity index (χ4n) is 3.82. The van der Waals surface area contributed by atoms with Crippen LogP contribution in [0, 0.1) is 6.92 Å². The zero-order valence-corrected chi connectivity index (χ0v) is 23.8. The van der Waals surface area contributed by atoms with Crippen LogP contribution in [0.5, 0.6) is 11.6 Å². The highest BCUT2D eigenvalue weighted by atomic mass is 19.4. The van der Waals surface area contributed by atoms with Crippen molar-refractivity contribution in [2.75, 3.05) is 29.0 Å². The van der Waals surface area contributed by atoms with Crippen LogP contribution < -0.4 is 26.0 Å². The van der Waals surface area contributed by atoms with Crippen molar-refractivity contribution in [2.45, 2.75) is 58.4 Å². The molecule has 1 fully saturated rings. The van der Waals surface area contributed by atoms with E-state index in [1.807, 2.05) is 20.8 Å². The number of ether oxygens (including phenoxy) is 2. The van der Waals surface area contributed by atoms with Crippen LogP contribution in [0.4, 0.5) is 35.2 Å². The average molecular weight is 589 g/mol. The average Bonchev–Trinajstić information content (AvgIpc) is 2.91. The molecule has 3 aromatic rings. The summed E-state index contributed by atoms with van der Waals surface area (Å²) in [6, 6.07) is 11.5. The summed E-state index contributed by atoms with van der Waals surface area (Å²) in [4.78, 5) is 30.2. The Morgan fingerprint density at radius 1 is 0.976 bits per heavy atom. The van der Waals surface area contributed by atoms with E-state index in [0.29, 0.717) is 35.6 Å². The van der Waals surface area contributed by atoms with Gasteiger partial charge < -0.3 is 30.7 Å². The van der Waals surface area contributed by atoms with Crippen LogP contribution in [-0.4, -0.2) is 47.2 Å². The maximum atomic E-state index is 13.1. The molecule has 0 unspecified atom stereocenters. The van der Waals surface area contributed by atoms with Gasteiger partial charge in [0.2, 0.25) is 5.88 Å². The Labute approximate surface area is 242 Å². The second kappa shape index (κ2) is 14.5. The highest BCUT2D eigenvalue weighted by Gasteiger charge is 2.32. The Kier molecular flexibility index (Phi) is 11.1. The monoisotopic (exact) mass is 588 g/mol. The number of anilines is 3. The molecule has 2 amide bonds. The summed E-state index contributed by atoms with van der Waals surface area (Å²) in [7, 11) is 0. The summed E-state index contributed by atoms with van der Waals surface area (Å²) >= 11 is 0. The van der Waals surface area contributed by atoms with E-state index in [-0.39, 0.29) is 16.9 Å². The molecule has 13 heteroatoms. The molecule has 1 aromatic heterocycles. The number of rotatable bonds is 7. The van der Waals surface area contributed by atoms with E-state index in [2.05, 4.69) is 36.0 Å². The molecule has 1 saturated heterocycles. The molecule has 0 radical (unpaired) electrons. The number of nitrogens with zero attached hydrogens (tertiary/aromatic N) is 2. The minimum Gasteiger partial charge on any atom is -0.462 e. The van der Waals surface area contributed by atoms with Crippen LogP contribution in [0.25, 0.3) is 0 Å². The summed E-state index contributed by atoms with van der Waals surface area (Å²) in [6.07, 6.45) is -1.05. The van der Waals surface area contributed by atoms with Gasteiger partial charge in [0.15, 0.2) is 0 Å². The van der Waals surface area contributed by atoms with E-state index < -0.39 is 17.8 Å². The number of urea groups is 1. The normalized spacial score (nSPS) is 13.7. The first-order valence-electron chi connectivity index (χ1n) is 13.3. The predicted molar refractivity (Wildman–Crippen MR) is 154 cm³/mol. The topological polar surface area (TPSA) is 126 Å². The number of nitrogens with one attached hydrogen (secondary N) is 4. The fourth-order valence-corrected chi connectivity index (χ4v) is 3.82. The van der Waals surface area contributed by atoms with Gasteiger partial charge in [0, 0.05) is 23.5 Å². The molecule has 0 aliphatic carbocycles. The number of carbonyl (C=O) groups is 2. The van der Waals surface area contributed by atoms with Crippen molar-refractivity contribution in [3.05, 3.63) is 66.0 Å². The Hall–Kier alpha value is -4.39. The highest BCUT2D eigenvalue weighted by molar-refractivity contribution is 5.99. The van der Waals surface area contributed by atoms with Crippen LogP contribution in [0.15, 0.2) is 54.9 Å². The predicted octanol–water partition coefficient (Wildman–Crippen LogP) is 6.36. The first-order valence-corrected chi connectivity index (χ1v) is 13.3. The lowest BCUT2D eigenvalue weighted by atomic mass is 10.1. The third-order valence-electron chi connectivity index (χ3n) is 5.87. The van der Waals surface area contributed by atoms with Gasteiger partial charge in [-0.15, -0.1) is 0 Å². The summed E-state index contributed by atoms with van der Waals surface area (Å²) in [6.45, 7) is 9.21. The zero-order valence-electron chi connectivity index (χ0n) is 23.8. The SMILES string of the molecule is CC(C)(C)OC=O.Cc1ccc(NC(=O)Nc2ccc(Oc3cc(NC4CCNCC4)ncn3)cc2)cc1C(F)(F)F. The van der Waals surface area contributed by atoms with Gasteiger partial charge in [-0.05, 0) is 95.6 Å². The third-order valence-corrected chi connectivity index (χ3v) is 5.87. The summed E-state index contributed by atoms with van der Waals surface area (Å²) < 4.78 is 49.6. The minimum atomic E-state index is -4.50. The van der Waals surface area contributed by atoms with Crippen LogP contribution in [0.2, 0.25) is 0 Å². The lowest BCUT2D eigenvalue weighted by Gasteiger charge is -2.24. The maximum absolute atomic E-state index is 13.1. The zero-order chi connectivity index (χ0) is 30.8.